The van der Waals surface area contributed by atoms with Crippen molar-refractivity contribution in [1.82, 2.24) is 20.5 Å². The van der Waals surface area contributed by atoms with Crippen LogP contribution in [0.25, 0.3) is 0 Å². The van der Waals surface area contributed by atoms with E-state index < -0.39 is 29.5 Å². The molecule has 2 heterocycles. The first kappa shape index (κ1) is 20.3. The van der Waals surface area contributed by atoms with E-state index in [2.05, 4.69) is 15.6 Å². The van der Waals surface area contributed by atoms with Crippen LogP contribution in [-0.4, -0.2) is 51.2 Å². The maximum atomic E-state index is 12.7. The standard InChI is InChI=1S/C21H20N4O6/c26-12-8-15(23-16(27)9-12)21(31)24-20-13-4-2-1-3-11(13)7-14(20)22-17(28)10-25-18(29)5-6-19(25)30/h1-4,8-9,14,20H,5-7,10H2,(H,22,28)(H,24,31)(H2,23,26,27)/t14-,20-/m1/s1. The summed E-state index contributed by atoms with van der Waals surface area (Å²) in [4.78, 5) is 63.7. The van der Waals surface area contributed by atoms with Crippen LogP contribution in [0.4, 0.5) is 0 Å². The molecule has 4 N–H and O–H groups in total. The van der Waals surface area contributed by atoms with Crippen LogP contribution in [0.5, 0.6) is 5.75 Å². The molecule has 10 nitrogen and oxygen atoms in total. The van der Waals surface area contributed by atoms with E-state index in [-0.39, 0.29) is 42.6 Å². The van der Waals surface area contributed by atoms with Crippen molar-refractivity contribution in [3.8, 4) is 5.75 Å². The van der Waals surface area contributed by atoms with Gasteiger partial charge in [0.05, 0.1) is 12.1 Å². The van der Waals surface area contributed by atoms with Crippen molar-refractivity contribution in [2.45, 2.75) is 31.3 Å². The molecule has 1 aliphatic heterocycles. The quantitative estimate of drug-likeness (QED) is 0.486. The Morgan fingerprint density at radius 2 is 1.77 bits per heavy atom. The normalized spacial score (nSPS) is 19.9. The van der Waals surface area contributed by atoms with Crippen molar-refractivity contribution >= 4 is 23.6 Å². The third kappa shape index (κ3) is 4.18. The van der Waals surface area contributed by atoms with Crippen LogP contribution in [0.1, 0.15) is 40.5 Å². The van der Waals surface area contributed by atoms with E-state index in [9.17, 15) is 29.1 Å². The van der Waals surface area contributed by atoms with E-state index in [1.54, 1.807) is 6.07 Å². The molecule has 160 valence electrons. The number of aromatic hydroxyl groups is 1. The van der Waals surface area contributed by atoms with Crippen molar-refractivity contribution in [2.75, 3.05) is 6.54 Å². The van der Waals surface area contributed by atoms with Crippen LogP contribution in [-0.2, 0) is 20.8 Å². The number of pyridine rings is 1. The van der Waals surface area contributed by atoms with Gasteiger partial charge in [0, 0.05) is 25.0 Å². The molecule has 4 amide bonds. The molecule has 1 aromatic carbocycles. The molecule has 0 saturated carbocycles. The zero-order valence-electron chi connectivity index (χ0n) is 16.4. The Morgan fingerprint density at radius 1 is 1.06 bits per heavy atom. The molecular formula is C21H20N4O6. The number of carbonyl (C=O) groups excluding carboxylic acids is 4. The number of nitrogens with zero attached hydrogens (tertiary/aromatic N) is 1. The van der Waals surface area contributed by atoms with Gasteiger partial charge < -0.3 is 20.7 Å². The molecule has 1 aliphatic carbocycles. The number of aromatic nitrogens is 1. The summed E-state index contributed by atoms with van der Waals surface area (Å²) in [5.74, 6) is -2.24. The van der Waals surface area contributed by atoms with Gasteiger partial charge in [-0.1, -0.05) is 24.3 Å². The Hall–Kier alpha value is -3.95. The summed E-state index contributed by atoms with van der Waals surface area (Å²) in [6.07, 6.45) is 0.634. The molecule has 2 aromatic rings. The molecule has 2 aliphatic rings. The number of hydrogen-bond acceptors (Lipinski definition) is 6. The molecule has 1 aromatic heterocycles. The summed E-state index contributed by atoms with van der Waals surface area (Å²) in [5.41, 5.74) is 0.988. The maximum Gasteiger partial charge on any atom is 0.268 e. The largest absolute Gasteiger partial charge is 0.508 e. The Balaban J connectivity index is 1.52. The van der Waals surface area contributed by atoms with Crippen molar-refractivity contribution in [1.29, 1.82) is 0 Å². The second kappa shape index (κ2) is 8.05. The number of rotatable bonds is 5. The van der Waals surface area contributed by atoms with E-state index >= 15 is 0 Å². The van der Waals surface area contributed by atoms with E-state index in [0.717, 1.165) is 28.2 Å². The van der Waals surface area contributed by atoms with Crippen LogP contribution < -0.4 is 16.2 Å². The van der Waals surface area contributed by atoms with Gasteiger partial charge in [-0.15, -0.1) is 0 Å². The van der Waals surface area contributed by atoms with Gasteiger partial charge >= 0.3 is 0 Å². The molecule has 10 heteroatoms. The van der Waals surface area contributed by atoms with Gasteiger partial charge in [0.15, 0.2) is 0 Å². The molecule has 0 radical (unpaired) electrons. The zero-order chi connectivity index (χ0) is 22.1. The number of aromatic amines is 1. The highest BCUT2D eigenvalue weighted by atomic mass is 16.3. The molecular weight excluding hydrogens is 404 g/mol. The maximum absolute atomic E-state index is 12.7. The van der Waals surface area contributed by atoms with Crippen LogP contribution in [0.2, 0.25) is 0 Å². The summed E-state index contributed by atoms with van der Waals surface area (Å²) in [6, 6.07) is 8.31. The van der Waals surface area contributed by atoms with Crippen molar-refractivity contribution in [2.24, 2.45) is 0 Å². The van der Waals surface area contributed by atoms with Crippen molar-refractivity contribution in [3.63, 3.8) is 0 Å². The van der Waals surface area contributed by atoms with E-state index in [4.69, 9.17) is 0 Å². The first-order valence-corrected chi connectivity index (χ1v) is 9.76. The lowest BCUT2D eigenvalue weighted by molar-refractivity contribution is -0.142. The molecule has 1 saturated heterocycles. The number of imide groups is 1. The van der Waals surface area contributed by atoms with Gasteiger partial charge in [0.25, 0.3) is 11.5 Å². The van der Waals surface area contributed by atoms with Gasteiger partial charge in [-0.05, 0) is 17.5 Å². The Bertz CT molecular complexity index is 1120. The van der Waals surface area contributed by atoms with Gasteiger partial charge in [0.2, 0.25) is 17.7 Å². The molecule has 2 atom stereocenters. The highest BCUT2D eigenvalue weighted by molar-refractivity contribution is 6.04. The lowest BCUT2D eigenvalue weighted by Gasteiger charge is -2.24. The second-order valence-electron chi connectivity index (χ2n) is 7.52. The number of hydrogen-bond donors (Lipinski definition) is 4. The third-order valence-corrected chi connectivity index (χ3v) is 5.40. The minimum atomic E-state index is -0.626. The minimum absolute atomic E-state index is 0.0990. The number of H-pyrrole nitrogens is 1. The van der Waals surface area contributed by atoms with Gasteiger partial charge in [-0.2, -0.15) is 0 Å². The molecule has 0 spiro atoms. The summed E-state index contributed by atoms with van der Waals surface area (Å²) in [6.45, 7) is -0.370. The Morgan fingerprint density at radius 3 is 2.48 bits per heavy atom. The summed E-state index contributed by atoms with van der Waals surface area (Å²) in [7, 11) is 0. The van der Waals surface area contributed by atoms with Gasteiger partial charge in [-0.25, -0.2) is 0 Å². The first-order chi connectivity index (χ1) is 14.8. The lowest BCUT2D eigenvalue weighted by atomic mass is 10.1. The second-order valence-corrected chi connectivity index (χ2v) is 7.52. The molecule has 0 unspecified atom stereocenters. The average Bonchev–Trinajstić information content (AvgIpc) is 3.21. The number of fused-ring (bicyclic) bond motifs is 1. The summed E-state index contributed by atoms with van der Waals surface area (Å²) >= 11 is 0. The number of benzene rings is 1. The van der Waals surface area contributed by atoms with Gasteiger partial charge in [-0.3, -0.25) is 28.9 Å². The highest BCUT2D eigenvalue weighted by Crippen LogP contribution is 2.31. The van der Waals surface area contributed by atoms with E-state index in [1.807, 2.05) is 18.2 Å². The zero-order valence-corrected chi connectivity index (χ0v) is 16.4. The van der Waals surface area contributed by atoms with Crippen molar-refractivity contribution in [3.05, 3.63) is 63.6 Å². The predicted molar refractivity (Wildman–Crippen MR) is 107 cm³/mol. The van der Waals surface area contributed by atoms with Gasteiger partial charge in [0.1, 0.15) is 18.0 Å². The number of likely N-dealkylation sites (tertiary alicyclic amines) is 1. The number of nitrogens with one attached hydrogen (secondary N) is 3. The fourth-order valence-corrected chi connectivity index (χ4v) is 3.97. The molecule has 1 fully saturated rings. The fraction of sp³-hybridized carbons (Fsp3) is 0.286. The Kier molecular flexibility index (Phi) is 5.28. The Labute approximate surface area is 176 Å². The van der Waals surface area contributed by atoms with Crippen LogP contribution in [0, 0.1) is 0 Å². The monoisotopic (exact) mass is 424 g/mol. The SMILES string of the molecule is O=C(CN1C(=O)CCC1=O)N[C@@H]1Cc2ccccc2[C@H]1NC(=O)c1cc(O)cc(=O)[nH]1. The smallest absolute Gasteiger partial charge is 0.268 e. The molecule has 4 rings (SSSR count). The first-order valence-electron chi connectivity index (χ1n) is 9.76. The third-order valence-electron chi connectivity index (χ3n) is 5.40. The van der Waals surface area contributed by atoms with Crippen molar-refractivity contribution < 1.29 is 24.3 Å². The topological polar surface area (TPSA) is 149 Å². The van der Waals surface area contributed by atoms with Crippen LogP contribution in [0.3, 0.4) is 0 Å². The molecule has 0 bridgehead atoms. The number of carbonyl (C=O) groups is 4. The average molecular weight is 424 g/mol. The van der Waals surface area contributed by atoms with Crippen LogP contribution in [0.15, 0.2) is 41.2 Å². The minimum Gasteiger partial charge on any atom is -0.508 e. The highest BCUT2D eigenvalue weighted by Gasteiger charge is 2.36. The van der Waals surface area contributed by atoms with E-state index in [0.29, 0.717) is 6.42 Å². The summed E-state index contributed by atoms with van der Waals surface area (Å²) < 4.78 is 0. The summed E-state index contributed by atoms with van der Waals surface area (Å²) in [5, 5.41) is 15.2. The molecule has 31 heavy (non-hydrogen) atoms. The predicted octanol–water partition coefficient (Wildman–Crippen LogP) is -0.258. The number of amides is 4. The lowest BCUT2D eigenvalue weighted by Crippen LogP contribution is -2.48. The fourth-order valence-electron chi connectivity index (χ4n) is 3.97. The van der Waals surface area contributed by atoms with E-state index in [1.165, 1.54) is 0 Å². The van der Waals surface area contributed by atoms with Crippen LogP contribution >= 0.6 is 0 Å².